The first kappa shape index (κ1) is 21.2. The second kappa shape index (κ2) is 7.45. The first-order chi connectivity index (χ1) is 15.7. The first-order valence-corrected chi connectivity index (χ1v) is 10.3. The van der Waals surface area contributed by atoms with E-state index in [1.54, 1.807) is 4.90 Å². The molecule has 3 aromatic rings. The smallest absolute Gasteiger partial charge is 0.341 e. The van der Waals surface area contributed by atoms with E-state index in [4.69, 9.17) is 0 Å². The van der Waals surface area contributed by atoms with Gasteiger partial charge >= 0.3 is 5.97 Å². The molecule has 2 aliphatic rings. The fourth-order valence-electron chi connectivity index (χ4n) is 4.81. The number of carboxylic acids is 1. The van der Waals surface area contributed by atoms with Gasteiger partial charge in [-0.05, 0) is 25.2 Å². The fraction of sp³-hybridized carbons (Fsp3) is 0.261. The number of carbonyl (C=O) groups is 2. The van der Waals surface area contributed by atoms with Crippen molar-refractivity contribution >= 4 is 28.3 Å². The monoisotopic (exact) mass is 457 g/mol. The van der Waals surface area contributed by atoms with Crippen LogP contribution < -0.4 is 10.3 Å². The maximum absolute atomic E-state index is 15.4. The average molecular weight is 457 g/mol. The van der Waals surface area contributed by atoms with Crippen LogP contribution in [0.15, 0.2) is 35.3 Å². The molecule has 7 nitrogen and oxygen atoms in total. The highest BCUT2D eigenvalue weighted by atomic mass is 19.1. The van der Waals surface area contributed by atoms with Crippen LogP contribution >= 0.6 is 0 Å². The highest BCUT2D eigenvalue weighted by Crippen LogP contribution is 2.39. The molecule has 0 amide bonds. The number of aromatic nitrogens is 1. The van der Waals surface area contributed by atoms with Gasteiger partial charge in [0.25, 0.3) is 0 Å². The van der Waals surface area contributed by atoms with Crippen molar-refractivity contribution in [1.82, 2.24) is 9.47 Å². The molecule has 1 unspecified atom stereocenters. The number of benzene rings is 2. The van der Waals surface area contributed by atoms with E-state index in [9.17, 15) is 28.3 Å². The molecule has 0 spiro atoms. The van der Waals surface area contributed by atoms with Crippen LogP contribution in [0.1, 0.15) is 27.1 Å². The average Bonchev–Trinajstić information content (AvgIpc) is 2.74. The lowest BCUT2D eigenvalue weighted by Gasteiger charge is -2.44. The van der Waals surface area contributed by atoms with Crippen LogP contribution in [0.3, 0.4) is 0 Å². The number of carboxylic acid groups (broad SMARTS) is 1. The number of fused-ring (bicyclic) bond motifs is 5. The second-order valence-electron chi connectivity index (χ2n) is 8.36. The molecular formula is C23H18F3N3O4. The van der Waals surface area contributed by atoms with Gasteiger partial charge in [0, 0.05) is 44.4 Å². The van der Waals surface area contributed by atoms with Gasteiger partial charge in [-0.2, -0.15) is 0 Å². The summed E-state index contributed by atoms with van der Waals surface area (Å²) in [5.74, 6) is -4.75. The van der Waals surface area contributed by atoms with E-state index in [1.165, 1.54) is 0 Å². The topological polar surface area (TPSA) is 82.8 Å². The van der Waals surface area contributed by atoms with Crippen molar-refractivity contribution in [2.45, 2.75) is 12.5 Å². The molecule has 1 N–H and O–H groups in total. The number of aromatic carboxylic acids is 1. The van der Waals surface area contributed by atoms with Gasteiger partial charge in [-0.15, -0.1) is 0 Å². The Morgan fingerprint density at radius 3 is 2.55 bits per heavy atom. The number of hydrogen-bond donors (Lipinski definition) is 1. The minimum atomic E-state index is -1.60. The van der Waals surface area contributed by atoms with Crippen molar-refractivity contribution < 1.29 is 27.9 Å². The van der Waals surface area contributed by atoms with Crippen LogP contribution in [0.5, 0.6) is 0 Å². The zero-order chi connectivity index (χ0) is 23.6. The molecule has 170 valence electrons. The predicted molar refractivity (Wildman–Crippen MR) is 114 cm³/mol. The van der Waals surface area contributed by atoms with E-state index in [-0.39, 0.29) is 40.3 Å². The van der Waals surface area contributed by atoms with Crippen molar-refractivity contribution in [1.29, 1.82) is 0 Å². The van der Waals surface area contributed by atoms with Crippen molar-refractivity contribution in [2.24, 2.45) is 0 Å². The molecule has 2 aliphatic heterocycles. The molecule has 1 aromatic heterocycles. The van der Waals surface area contributed by atoms with E-state index in [2.05, 4.69) is 0 Å². The molecule has 33 heavy (non-hydrogen) atoms. The standard InChI is InChI=1S/C23H18F3N3O4/c1-27-4-5-28-12(9-27)7-18(30)19-20-13(8-16(26)21(19)28)22(31)14(23(32)33)10-29(20)17-3-2-11(24)6-15(17)25/h2-3,6,8,10,12H,4-5,7,9H2,1H3,(H,32,33). The number of piperazine rings is 1. The zero-order valence-electron chi connectivity index (χ0n) is 17.4. The summed E-state index contributed by atoms with van der Waals surface area (Å²) in [4.78, 5) is 41.7. The van der Waals surface area contributed by atoms with Crippen molar-refractivity contribution in [3.05, 3.63) is 69.3 Å². The first-order valence-electron chi connectivity index (χ1n) is 10.3. The third-order valence-corrected chi connectivity index (χ3v) is 6.29. The van der Waals surface area contributed by atoms with Crippen LogP contribution in [0.2, 0.25) is 0 Å². The van der Waals surface area contributed by atoms with Gasteiger partial charge in [0.15, 0.2) is 5.78 Å². The molecule has 1 saturated heterocycles. The molecule has 3 heterocycles. The van der Waals surface area contributed by atoms with Gasteiger partial charge in [0.1, 0.15) is 23.0 Å². The molecule has 2 aromatic carbocycles. The van der Waals surface area contributed by atoms with Crippen LogP contribution in [-0.2, 0) is 0 Å². The minimum absolute atomic E-state index is 0.00981. The van der Waals surface area contributed by atoms with E-state index in [0.717, 1.165) is 29.0 Å². The predicted octanol–water partition coefficient (Wildman–Crippen LogP) is 2.81. The number of carbonyl (C=O) groups excluding carboxylic acids is 1. The number of ketones is 1. The molecule has 0 aliphatic carbocycles. The highest BCUT2D eigenvalue weighted by Gasteiger charge is 2.39. The Labute approximate surface area is 185 Å². The van der Waals surface area contributed by atoms with Crippen molar-refractivity contribution in [2.75, 3.05) is 31.6 Å². The summed E-state index contributed by atoms with van der Waals surface area (Å²) in [6, 6.07) is 3.28. The highest BCUT2D eigenvalue weighted by molar-refractivity contribution is 6.14. The van der Waals surface area contributed by atoms with Gasteiger partial charge in [-0.1, -0.05) is 0 Å². The summed E-state index contributed by atoms with van der Waals surface area (Å²) in [5.41, 5.74) is -2.20. The number of Topliss-reactive ketones (excluding diaryl/α,β-unsaturated/α-hetero) is 1. The summed E-state index contributed by atoms with van der Waals surface area (Å²) in [6.45, 7) is 1.60. The van der Waals surface area contributed by atoms with Crippen molar-refractivity contribution in [3.63, 3.8) is 0 Å². The summed E-state index contributed by atoms with van der Waals surface area (Å²) in [5, 5.41) is 9.14. The largest absolute Gasteiger partial charge is 0.477 e. The maximum atomic E-state index is 15.4. The summed E-state index contributed by atoms with van der Waals surface area (Å²) >= 11 is 0. The quantitative estimate of drug-likeness (QED) is 0.638. The number of halogens is 3. The van der Waals surface area contributed by atoms with Gasteiger partial charge < -0.3 is 19.5 Å². The molecule has 0 bridgehead atoms. The molecule has 10 heteroatoms. The lowest BCUT2D eigenvalue weighted by Crippen LogP contribution is -2.55. The second-order valence-corrected chi connectivity index (χ2v) is 8.36. The summed E-state index contributed by atoms with van der Waals surface area (Å²) < 4.78 is 44.7. The Balaban J connectivity index is 1.92. The summed E-state index contributed by atoms with van der Waals surface area (Å²) in [7, 11) is 1.90. The summed E-state index contributed by atoms with van der Waals surface area (Å²) in [6.07, 6.45) is 0.946. The molecule has 0 radical (unpaired) electrons. The number of likely N-dealkylation sites (N-methyl/N-ethyl adjacent to an activating group) is 1. The van der Waals surface area contributed by atoms with E-state index >= 15 is 4.39 Å². The fourth-order valence-corrected chi connectivity index (χ4v) is 4.81. The van der Waals surface area contributed by atoms with Crippen molar-refractivity contribution in [3.8, 4) is 5.69 Å². The minimum Gasteiger partial charge on any atom is -0.477 e. The number of anilines is 1. The Kier molecular flexibility index (Phi) is 4.78. The van der Waals surface area contributed by atoms with E-state index in [1.807, 2.05) is 11.9 Å². The van der Waals surface area contributed by atoms with E-state index in [0.29, 0.717) is 25.7 Å². The number of rotatable bonds is 2. The van der Waals surface area contributed by atoms with E-state index < -0.39 is 40.2 Å². The Morgan fingerprint density at radius 1 is 1.09 bits per heavy atom. The number of pyridine rings is 1. The molecule has 0 saturated carbocycles. The molecule has 1 atom stereocenters. The third kappa shape index (κ3) is 3.20. The molecule has 5 rings (SSSR count). The van der Waals surface area contributed by atoms with Gasteiger partial charge in [0.2, 0.25) is 5.43 Å². The molecular weight excluding hydrogens is 439 g/mol. The SMILES string of the molecule is CN1CCN2c3c(F)cc4c(=O)c(C(=O)O)cn(-c5ccc(F)cc5F)c4c3C(=O)CC2C1. The zero-order valence-corrected chi connectivity index (χ0v) is 17.4. The normalized spacial score (nSPS) is 18.4. The van der Waals surface area contributed by atoms with Gasteiger partial charge in [-0.3, -0.25) is 9.59 Å². The Hall–Kier alpha value is -3.66. The number of nitrogens with zero attached hydrogens (tertiary/aromatic N) is 3. The lowest BCUT2D eigenvalue weighted by molar-refractivity contribution is 0.0694. The molecule has 1 fully saturated rings. The maximum Gasteiger partial charge on any atom is 0.341 e. The Morgan fingerprint density at radius 2 is 1.85 bits per heavy atom. The van der Waals surface area contributed by atoms with Crippen LogP contribution in [0, 0.1) is 17.5 Å². The Bertz CT molecular complexity index is 1420. The third-order valence-electron chi connectivity index (χ3n) is 6.29. The lowest BCUT2D eigenvalue weighted by atomic mass is 9.90. The van der Waals surface area contributed by atoms with Crippen LogP contribution in [0.25, 0.3) is 16.6 Å². The van der Waals surface area contributed by atoms with Gasteiger partial charge in [-0.25, -0.2) is 18.0 Å². The van der Waals surface area contributed by atoms with Crippen LogP contribution in [-0.4, -0.2) is 59.0 Å². The number of hydrogen-bond acceptors (Lipinski definition) is 5. The van der Waals surface area contributed by atoms with Gasteiger partial charge in [0.05, 0.1) is 27.8 Å². The van der Waals surface area contributed by atoms with Crippen LogP contribution in [0.4, 0.5) is 18.9 Å².